The Bertz CT molecular complexity index is 1370. The molecule has 0 saturated carbocycles. The number of sulfonamides is 1. The summed E-state index contributed by atoms with van der Waals surface area (Å²) in [5.41, 5.74) is 2.25. The molecule has 190 valence electrons. The standard InChI is InChI=1S/C26H28N2O7S/c1-6-35-26(30)19-8-7-17(2)22(15-19)27-25(29)18-9-11-20(12-10-18)28(3)36(31,32)21-13-14-23(33-4)24(16-21)34-5/h7-16H,6H2,1-5H3,(H,27,29). The summed E-state index contributed by atoms with van der Waals surface area (Å²) >= 11 is 0. The first-order valence-corrected chi connectivity index (χ1v) is 12.5. The Hall–Kier alpha value is -4.05. The SMILES string of the molecule is CCOC(=O)c1ccc(C)c(NC(=O)c2ccc(N(C)S(=O)(=O)c3ccc(OC)c(OC)c3)cc2)c1. The highest BCUT2D eigenvalue weighted by atomic mass is 32.2. The number of amides is 1. The summed E-state index contributed by atoms with van der Waals surface area (Å²) in [4.78, 5) is 24.9. The number of nitrogens with zero attached hydrogens (tertiary/aromatic N) is 1. The molecule has 3 aromatic rings. The minimum absolute atomic E-state index is 0.0291. The zero-order chi connectivity index (χ0) is 26.5. The number of ether oxygens (including phenoxy) is 3. The monoisotopic (exact) mass is 512 g/mol. The van der Waals surface area contributed by atoms with E-state index in [4.69, 9.17) is 14.2 Å². The van der Waals surface area contributed by atoms with Crippen LogP contribution in [0.4, 0.5) is 11.4 Å². The van der Waals surface area contributed by atoms with Gasteiger partial charge in [-0.2, -0.15) is 0 Å². The molecule has 3 aromatic carbocycles. The molecule has 0 heterocycles. The predicted octanol–water partition coefficient (Wildman–Crippen LogP) is 4.27. The first kappa shape index (κ1) is 26.6. The van der Waals surface area contributed by atoms with Crippen molar-refractivity contribution in [3.8, 4) is 11.5 Å². The van der Waals surface area contributed by atoms with Gasteiger partial charge in [0.2, 0.25) is 0 Å². The summed E-state index contributed by atoms with van der Waals surface area (Å²) in [6, 6.07) is 15.4. The van der Waals surface area contributed by atoms with E-state index in [1.807, 2.05) is 6.92 Å². The van der Waals surface area contributed by atoms with Gasteiger partial charge in [0.05, 0.1) is 37.0 Å². The normalized spacial score (nSPS) is 10.9. The molecule has 0 fully saturated rings. The maximum Gasteiger partial charge on any atom is 0.338 e. The van der Waals surface area contributed by atoms with Gasteiger partial charge in [-0.15, -0.1) is 0 Å². The lowest BCUT2D eigenvalue weighted by atomic mass is 10.1. The third kappa shape index (κ3) is 5.60. The number of nitrogens with one attached hydrogen (secondary N) is 1. The number of aryl methyl sites for hydroxylation is 1. The first-order valence-electron chi connectivity index (χ1n) is 11.0. The highest BCUT2D eigenvalue weighted by molar-refractivity contribution is 7.92. The summed E-state index contributed by atoms with van der Waals surface area (Å²) in [5.74, 6) is -0.175. The van der Waals surface area contributed by atoms with Gasteiger partial charge < -0.3 is 19.5 Å². The van der Waals surface area contributed by atoms with Crippen LogP contribution >= 0.6 is 0 Å². The van der Waals surface area contributed by atoms with E-state index in [1.54, 1.807) is 25.1 Å². The van der Waals surface area contributed by atoms with Crippen molar-refractivity contribution in [3.63, 3.8) is 0 Å². The van der Waals surface area contributed by atoms with Crippen LogP contribution in [-0.2, 0) is 14.8 Å². The van der Waals surface area contributed by atoms with Crippen molar-refractivity contribution in [2.45, 2.75) is 18.7 Å². The Labute approximate surface area is 210 Å². The van der Waals surface area contributed by atoms with Gasteiger partial charge in [0, 0.05) is 24.4 Å². The van der Waals surface area contributed by atoms with Gasteiger partial charge in [-0.25, -0.2) is 13.2 Å². The predicted molar refractivity (Wildman–Crippen MR) is 137 cm³/mol. The molecule has 0 aliphatic carbocycles. The van der Waals surface area contributed by atoms with E-state index < -0.39 is 21.9 Å². The van der Waals surface area contributed by atoms with Gasteiger partial charge >= 0.3 is 5.97 Å². The van der Waals surface area contributed by atoms with Crippen LogP contribution in [0.15, 0.2) is 65.6 Å². The second-order valence-electron chi connectivity index (χ2n) is 7.74. The van der Waals surface area contributed by atoms with Gasteiger partial charge in [0.1, 0.15) is 0 Å². The summed E-state index contributed by atoms with van der Waals surface area (Å²) < 4.78 is 42.8. The van der Waals surface area contributed by atoms with Crippen LogP contribution in [-0.4, -0.2) is 48.2 Å². The quantitative estimate of drug-likeness (QED) is 0.426. The number of esters is 1. The van der Waals surface area contributed by atoms with Crippen LogP contribution < -0.4 is 19.1 Å². The molecule has 1 N–H and O–H groups in total. The average Bonchev–Trinajstić information content (AvgIpc) is 2.89. The van der Waals surface area contributed by atoms with Gasteiger partial charge in [0.15, 0.2) is 11.5 Å². The summed E-state index contributed by atoms with van der Waals surface area (Å²) in [6.07, 6.45) is 0. The van der Waals surface area contributed by atoms with E-state index in [9.17, 15) is 18.0 Å². The smallest absolute Gasteiger partial charge is 0.338 e. The molecule has 0 bridgehead atoms. The van der Waals surface area contributed by atoms with E-state index in [2.05, 4.69) is 5.32 Å². The number of rotatable bonds is 9. The molecule has 10 heteroatoms. The molecule has 9 nitrogen and oxygen atoms in total. The van der Waals surface area contributed by atoms with E-state index >= 15 is 0 Å². The van der Waals surface area contributed by atoms with E-state index in [0.717, 1.165) is 9.87 Å². The Morgan fingerprint density at radius 3 is 2.14 bits per heavy atom. The number of benzene rings is 3. The van der Waals surface area contributed by atoms with Gasteiger partial charge in [-0.05, 0) is 67.9 Å². The zero-order valence-corrected chi connectivity index (χ0v) is 21.5. The van der Waals surface area contributed by atoms with Gasteiger partial charge in [-0.1, -0.05) is 6.07 Å². The lowest BCUT2D eigenvalue weighted by molar-refractivity contribution is 0.0526. The molecule has 36 heavy (non-hydrogen) atoms. The molecular formula is C26H28N2O7S. The molecule has 1 amide bonds. The Balaban J connectivity index is 1.79. The highest BCUT2D eigenvalue weighted by Gasteiger charge is 2.23. The first-order chi connectivity index (χ1) is 17.1. The molecule has 0 atom stereocenters. The second kappa shape index (κ2) is 11.1. The second-order valence-corrected chi connectivity index (χ2v) is 9.71. The summed E-state index contributed by atoms with van der Waals surface area (Å²) in [7, 11) is 0.414. The number of hydrogen-bond donors (Lipinski definition) is 1. The highest BCUT2D eigenvalue weighted by Crippen LogP contribution is 2.31. The number of anilines is 2. The molecule has 0 aliphatic heterocycles. The molecule has 0 spiro atoms. The molecule has 0 aliphatic rings. The molecule has 0 radical (unpaired) electrons. The van der Waals surface area contributed by atoms with E-state index in [1.165, 1.54) is 63.7 Å². The van der Waals surface area contributed by atoms with Crippen LogP contribution in [0.1, 0.15) is 33.2 Å². The summed E-state index contributed by atoms with van der Waals surface area (Å²) in [5, 5.41) is 2.79. The van der Waals surface area contributed by atoms with Crippen molar-refractivity contribution in [1.29, 1.82) is 0 Å². The average molecular weight is 513 g/mol. The van der Waals surface area contributed by atoms with Crippen LogP contribution in [0.25, 0.3) is 0 Å². The maximum absolute atomic E-state index is 13.1. The fourth-order valence-electron chi connectivity index (χ4n) is 3.39. The maximum atomic E-state index is 13.1. The molecule has 0 saturated heterocycles. The summed E-state index contributed by atoms with van der Waals surface area (Å²) in [6.45, 7) is 3.77. The number of hydrogen-bond acceptors (Lipinski definition) is 7. The molecule has 3 rings (SSSR count). The lowest BCUT2D eigenvalue weighted by Crippen LogP contribution is -2.26. The van der Waals surface area contributed by atoms with E-state index in [-0.39, 0.29) is 11.5 Å². The lowest BCUT2D eigenvalue weighted by Gasteiger charge is -2.20. The minimum Gasteiger partial charge on any atom is -0.493 e. The van der Waals surface area contributed by atoms with Crippen molar-refractivity contribution in [3.05, 3.63) is 77.4 Å². The minimum atomic E-state index is -3.90. The van der Waals surface area contributed by atoms with Crippen molar-refractivity contribution in [2.24, 2.45) is 0 Å². The Morgan fingerprint density at radius 2 is 1.53 bits per heavy atom. The van der Waals surface area contributed by atoms with Crippen molar-refractivity contribution >= 4 is 33.3 Å². The molecular weight excluding hydrogens is 484 g/mol. The van der Waals surface area contributed by atoms with Crippen molar-refractivity contribution < 1.29 is 32.2 Å². The van der Waals surface area contributed by atoms with Gasteiger partial charge in [0.25, 0.3) is 15.9 Å². The van der Waals surface area contributed by atoms with E-state index in [0.29, 0.717) is 34.0 Å². The van der Waals surface area contributed by atoms with Crippen molar-refractivity contribution in [1.82, 2.24) is 0 Å². The van der Waals surface area contributed by atoms with Crippen LogP contribution in [0.2, 0.25) is 0 Å². The van der Waals surface area contributed by atoms with Crippen molar-refractivity contribution in [2.75, 3.05) is 37.5 Å². The topological polar surface area (TPSA) is 111 Å². The number of methoxy groups -OCH3 is 2. The Kier molecular flexibility index (Phi) is 8.21. The van der Waals surface area contributed by atoms with Crippen LogP contribution in [0.5, 0.6) is 11.5 Å². The Morgan fingerprint density at radius 1 is 0.889 bits per heavy atom. The number of carbonyl (C=O) groups is 2. The van der Waals surface area contributed by atoms with Crippen LogP contribution in [0.3, 0.4) is 0 Å². The van der Waals surface area contributed by atoms with Crippen LogP contribution in [0, 0.1) is 6.92 Å². The third-order valence-corrected chi connectivity index (χ3v) is 7.28. The number of carbonyl (C=O) groups excluding carboxylic acids is 2. The fraction of sp³-hybridized carbons (Fsp3) is 0.231. The molecule has 0 aromatic heterocycles. The third-order valence-electron chi connectivity index (χ3n) is 5.50. The largest absolute Gasteiger partial charge is 0.493 e. The fourth-order valence-corrected chi connectivity index (χ4v) is 4.60. The van der Waals surface area contributed by atoms with Gasteiger partial charge in [-0.3, -0.25) is 9.10 Å². The molecule has 0 unspecified atom stereocenters. The zero-order valence-electron chi connectivity index (χ0n) is 20.7.